The van der Waals surface area contributed by atoms with E-state index in [0.717, 1.165) is 4.90 Å². The number of alkyl halides is 2. The van der Waals surface area contributed by atoms with Gasteiger partial charge in [0, 0.05) is 40.8 Å². The average Bonchev–Trinajstić information content (AvgIpc) is 3.33. The lowest BCUT2D eigenvalue weighted by Gasteiger charge is -2.35. The summed E-state index contributed by atoms with van der Waals surface area (Å²) >= 11 is 18.4. The van der Waals surface area contributed by atoms with E-state index in [9.17, 15) is 28.3 Å². The number of anilines is 2. The highest BCUT2D eigenvalue weighted by Gasteiger charge is 2.74. The molecule has 12 heteroatoms. The highest BCUT2D eigenvalue weighted by molar-refractivity contribution is 6.35. The zero-order valence-electron chi connectivity index (χ0n) is 18.1. The van der Waals surface area contributed by atoms with Gasteiger partial charge < -0.3 is 15.3 Å². The smallest absolute Gasteiger partial charge is 0.310 e. The molecule has 3 heterocycles. The van der Waals surface area contributed by atoms with Gasteiger partial charge in [0.05, 0.1) is 23.2 Å². The lowest BCUT2D eigenvalue weighted by Crippen LogP contribution is -2.54. The third kappa shape index (κ3) is 3.43. The summed E-state index contributed by atoms with van der Waals surface area (Å²) in [4.78, 5) is 42.3. The number of amides is 2. The molecule has 35 heavy (non-hydrogen) atoms. The standard InChI is InChI=1S/C23H18Cl3F2N3O4/c1-30(12-6-10(24)5-11(25)7-12)19(32)16-15-8-22(27,28)9-31(15)23(17(16)20(33)34)13-3-2-4-14(26)18(13)29-21(23)35/h2-7,15-17H,8-9H2,1H3,(H,29,35)(H,33,34)/t15-,16+,17-,23?/m1/s1. The molecule has 2 N–H and O–H groups in total. The lowest BCUT2D eigenvalue weighted by molar-refractivity contribution is -0.153. The van der Waals surface area contributed by atoms with E-state index in [1.54, 1.807) is 0 Å². The maximum atomic E-state index is 14.8. The second-order valence-electron chi connectivity index (χ2n) is 9.00. The SMILES string of the molecule is CN(C(=O)[C@H]1[C@H]2CC(F)(F)CN2C2(C(=O)Nc3c(Cl)cccc32)[C@H]1C(=O)O)c1cc(Cl)cc(Cl)c1. The number of aliphatic carboxylic acids is 1. The molecule has 0 aliphatic carbocycles. The van der Waals surface area contributed by atoms with Crippen molar-refractivity contribution in [3.63, 3.8) is 0 Å². The largest absolute Gasteiger partial charge is 0.481 e. The summed E-state index contributed by atoms with van der Waals surface area (Å²) in [5, 5.41) is 13.5. The molecule has 1 unspecified atom stereocenters. The summed E-state index contributed by atoms with van der Waals surface area (Å²) in [5.74, 6) is -9.38. The first-order valence-electron chi connectivity index (χ1n) is 10.6. The van der Waals surface area contributed by atoms with E-state index >= 15 is 0 Å². The van der Waals surface area contributed by atoms with Gasteiger partial charge in [-0.05, 0) is 24.3 Å². The number of carbonyl (C=O) groups is 3. The second-order valence-corrected chi connectivity index (χ2v) is 10.3. The van der Waals surface area contributed by atoms with Crippen LogP contribution in [0.4, 0.5) is 20.2 Å². The van der Waals surface area contributed by atoms with E-state index in [-0.39, 0.29) is 32.0 Å². The highest BCUT2D eigenvalue weighted by atomic mass is 35.5. The minimum absolute atomic E-state index is 0.139. The Labute approximate surface area is 213 Å². The monoisotopic (exact) mass is 543 g/mol. The van der Waals surface area contributed by atoms with Crippen LogP contribution in [0.3, 0.4) is 0 Å². The molecule has 0 saturated carbocycles. The Hall–Kier alpha value is -2.46. The molecule has 2 saturated heterocycles. The zero-order chi connectivity index (χ0) is 25.4. The summed E-state index contributed by atoms with van der Waals surface area (Å²) < 4.78 is 29.5. The number of nitrogens with one attached hydrogen (secondary N) is 1. The molecule has 0 aromatic heterocycles. The van der Waals surface area contributed by atoms with Crippen LogP contribution in [0.1, 0.15) is 12.0 Å². The number of hydrogen-bond acceptors (Lipinski definition) is 4. The third-order valence-electron chi connectivity index (χ3n) is 7.11. The molecule has 4 atom stereocenters. The number of fused-ring (bicyclic) bond motifs is 4. The van der Waals surface area contributed by atoms with Crippen molar-refractivity contribution < 1.29 is 28.3 Å². The molecule has 5 rings (SSSR count). The van der Waals surface area contributed by atoms with Crippen LogP contribution in [0, 0.1) is 11.8 Å². The first kappa shape index (κ1) is 24.2. The van der Waals surface area contributed by atoms with Crippen LogP contribution in [0.25, 0.3) is 0 Å². The van der Waals surface area contributed by atoms with Crippen LogP contribution in [-0.4, -0.2) is 53.3 Å². The summed E-state index contributed by atoms with van der Waals surface area (Å²) in [6.07, 6.45) is -0.776. The molecule has 0 bridgehead atoms. The predicted molar refractivity (Wildman–Crippen MR) is 126 cm³/mol. The quantitative estimate of drug-likeness (QED) is 0.594. The molecule has 7 nitrogen and oxygen atoms in total. The number of benzene rings is 2. The van der Waals surface area contributed by atoms with Crippen LogP contribution in [0.15, 0.2) is 36.4 Å². The van der Waals surface area contributed by atoms with Crippen LogP contribution in [0.2, 0.25) is 15.1 Å². The molecule has 0 radical (unpaired) electrons. The number of rotatable bonds is 3. The zero-order valence-corrected chi connectivity index (χ0v) is 20.3. The van der Waals surface area contributed by atoms with Crippen molar-refractivity contribution in [2.75, 3.05) is 23.8 Å². The Morgan fingerprint density at radius 2 is 1.83 bits per heavy atom. The van der Waals surface area contributed by atoms with Crippen LogP contribution >= 0.6 is 34.8 Å². The van der Waals surface area contributed by atoms with Gasteiger partial charge in [0.25, 0.3) is 11.8 Å². The predicted octanol–water partition coefficient (Wildman–Crippen LogP) is 4.50. The Kier molecular flexibility index (Phi) is 5.56. The van der Waals surface area contributed by atoms with Crippen molar-refractivity contribution in [1.82, 2.24) is 4.90 Å². The number of carboxylic acid groups (broad SMARTS) is 1. The van der Waals surface area contributed by atoms with Crippen molar-refractivity contribution in [2.45, 2.75) is 23.9 Å². The van der Waals surface area contributed by atoms with E-state index in [1.807, 2.05) is 0 Å². The molecule has 2 amide bonds. The molecule has 2 aromatic rings. The van der Waals surface area contributed by atoms with E-state index in [1.165, 1.54) is 48.3 Å². The van der Waals surface area contributed by atoms with Crippen molar-refractivity contribution in [3.05, 3.63) is 57.0 Å². The topological polar surface area (TPSA) is 90.0 Å². The Morgan fingerprint density at radius 1 is 1.17 bits per heavy atom. The van der Waals surface area contributed by atoms with E-state index < -0.39 is 60.1 Å². The van der Waals surface area contributed by atoms with Crippen molar-refractivity contribution in [2.24, 2.45) is 11.8 Å². The van der Waals surface area contributed by atoms with E-state index in [0.29, 0.717) is 0 Å². The molecule has 2 fully saturated rings. The number of carboxylic acids is 1. The minimum atomic E-state index is -3.24. The fraction of sp³-hybridized carbons (Fsp3) is 0.348. The van der Waals surface area contributed by atoms with Gasteiger partial charge in [-0.2, -0.15) is 0 Å². The van der Waals surface area contributed by atoms with Crippen LogP contribution in [0.5, 0.6) is 0 Å². The van der Waals surface area contributed by atoms with Crippen molar-refractivity contribution in [1.29, 1.82) is 0 Å². The second kappa shape index (κ2) is 8.03. The molecule has 2 aromatic carbocycles. The van der Waals surface area contributed by atoms with Gasteiger partial charge in [-0.25, -0.2) is 8.78 Å². The Bertz CT molecular complexity index is 1270. The Morgan fingerprint density at radius 3 is 2.46 bits per heavy atom. The summed E-state index contributed by atoms with van der Waals surface area (Å²) in [6.45, 7) is -0.878. The van der Waals surface area contributed by atoms with Gasteiger partial charge in [-0.3, -0.25) is 19.3 Å². The number of nitrogens with zero attached hydrogens (tertiary/aromatic N) is 2. The average molecular weight is 545 g/mol. The van der Waals surface area contributed by atoms with Gasteiger partial charge in [0.1, 0.15) is 11.5 Å². The molecule has 3 aliphatic heterocycles. The van der Waals surface area contributed by atoms with Crippen LogP contribution in [-0.2, 0) is 19.9 Å². The number of carbonyl (C=O) groups excluding carboxylic acids is 2. The molecule has 1 spiro atoms. The van der Waals surface area contributed by atoms with Crippen LogP contribution < -0.4 is 10.2 Å². The molecule has 184 valence electrons. The molecule has 3 aliphatic rings. The maximum Gasteiger partial charge on any atom is 0.310 e. The highest BCUT2D eigenvalue weighted by Crippen LogP contribution is 2.60. The van der Waals surface area contributed by atoms with E-state index in [4.69, 9.17) is 34.8 Å². The minimum Gasteiger partial charge on any atom is -0.481 e. The fourth-order valence-electron chi connectivity index (χ4n) is 5.83. The van der Waals surface area contributed by atoms with Gasteiger partial charge in [-0.15, -0.1) is 0 Å². The first-order valence-corrected chi connectivity index (χ1v) is 11.7. The summed E-state index contributed by atoms with van der Waals surface area (Å²) in [7, 11) is 1.38. The van der Waals surface area contributed by atoms with Gasteiger partial charge >= 0.3 is 5.97 Å². The number of hydrogen-bond donors (Lipinski definition) is 2. The normalized spacial score (nSPS) is 28.6. The van der Waals surface area contributed by atoms with Crippen molar-refractivity contribution in [3.8, 4) is 0 Å². The first-order chi connectivity index (χ1) is 16.4. The number of halogens is 5. The van der Waals surface area contributed by atoms with Gasteiger partial charge in [0.2, 0.25) is 5.91 Å². The summed E-state index contributed by atoms with van der Waals surface area (Å²) in [6, 6.07) is 7.63. The lowest BCUT2D eigenvalue weighted by atomic mass is 9.73. The molecular weight excluding hydrogens is 527 g/mol. The van der Waals surface area contributed by atoms with Gasteiger partial charge in [0.15, 0.2) is 0 Å². The number of para-hydroxylation sites is 1. The van der Waals surface area contributed by atoms with E-state index in [2.05, 4.69) is 5.32 Å². The maximum absolute atomic E-state index is 14.8. The van der Waals surface area contributed by atoms with Gasteiger partial charge in [-0.1, -0.05) is 46.9 Å². The fourth-order valence-corrected chi connectivity index (χ4v) is 6.57. The Balaban J connectivity index is 1.69. The molecular formula is C23H18Cl3F2N3O4. The summed E-state index contributed by atoms with van der Waals surface area (Å²) in [5.41, 5.74) is -1.46. The van der Waals surface area contributed by atoms with Crippen molar-refractivity contribution >= 4 is 64.0 Å². The third-order valence-corrected chi connectivity index (χ3v) is 7.86.